The first-order valence-corrected chi connectivity index (χ1v) is 10.9. The first kappa shape index (κ1) is 27.4. The van der Waals surface area contributed by atoms with Crippen molar-refractivity contribution in [1.82, 2.24) is 15.5 Å². The van der Waals surface area contributed by atoms with Crippen LogP contribution in [0.15, 0.2) is 23.2 Å². The third-order valence-corrected chi connectivity index (χ3v) is 5.68. The van der Waals surface area contributed by atoms with E-state index in [0.29, 0.717) is 17.6 Å². The van der Waals surface area contributed by atoms with Gasteiger partial charge >= 0.3 is 0 Å². The average Bonchev–Trinajstić information content (AvgIpc) is 2.65. The molecular formula is C22H37ClFIN4O. The Labute approximate surface area is 203 Å². The molecule has 1 aliphatic heterocycles. The molecule has 2 N–H and O–H groups in total. The van der Waals surface area contributed by atoms with E-state index in [2.05, 4.69) is 48.2 Å². The van der Waals surface area contributed by atoms with Crippen LogP contribution in [0.3, 0.4) is 0 Å². The van der Waals surface area contributed by atoms with Crippen molar-refractivity contribution in [3.63, 3.8) is 0 Å². The number of likely N-dealkylation sites (tertiary alicyclic amines) is 1. The van der Waals surface area contributed by atoms with Crippen LogP contribution in [0.2, 0.25) is 5.02 Å². The summed E-state index contributed by atoms with van der Waals surface area (Å²) in [6, 6.07) is 4.98. The Balaban J connectivity index is 0.00000450. The fraction of sp³-hybridized carbons (Fsp3) is 0.682. The van der Waals surface area contributed by atoms with E-state index in [-0.39, 0.29) is 41.3 Å². The highest BCUT2D eigenvalue weighted by molar-refractivity contribution is 14.0. The van der Waals surface area contributed by atoms with Crippen molar-refractivity contribution in [2.75, 3.05) is 39.8 Å². The average molecular weight is 555 g/mol. The SMILES string of the molecule is CN=C(NCC(C)(C)c1ccc(F)cc1Cl)NC1CCN(CCOC(C)C)CC1.I. The van der Waals surface area contributed by atoms with E-state index in [1.165, 1.54) is 12.1 Å². The third-order valence-electron chi connectivity index (χ3n) is 5.37. The smallest absolute Gasteiger partial charge is 0.191 e. The number of halogens is 3. The van der Waals surface area contributed by atoms with E-state index < -0.39 is 0 Å². The number of nitrogens with zero attached hydrogens (tertiary/aromatic N) is 2. The zero-order valence-electron chi connectivity index (χ0n) is 18.8. The number of benzene rings is 1. The molecule has 0 aromatic heterocycles. The molecule has 1 aliphatic rings. The minimum absolute atomic E-state index is 0. The molecule has 0 spiro atoms. The van der Waals surface area contributed by atoms with E-state index in [1.807, 2.05) is 0 Å². The molecule has 0 aliphatic carbocycles. The van der Waals surface area contributed by atoms with Crippen molar-refractivity contribution in [3.05, 3.63) is 34.6 Å². The maximum absolute atomic E-state index is 13.4. The second-order valence-corrected chi connectivity index (χ2v) is 9.02. The van der Waals surface area contributed by atoms with Gasteiger partial charge in [0.15, 0.2) is 5.96 Å². The van der Waals surface area contributed by atoms with E-state index in [0.717, 1.165) is 50.6 Å². The highest BCUT2D eigenvalue weighted by Gasteiger charge is 2.25. The van der Waals surface area contributed by atoms with Gasteiger partial charge in [-0.05, 0) is 44.4 Å². The molecule has 1 heterocycles. The van der Waals surface area contributed by atoms with Gasteiger partial charge in [-0.3, -0.25) is 4.99 Å². The van der Waals surface area contributed by atoms with E-state index in [1.54, 1.807) is 13.1 Å². The Kier molecular flexibility index (Phi) is 11.9. The zero-order valence-corrected chi connectivity index (χ0v) is 21.9. The minimum atomic E-state index is -0.318. The van der Waals surface area contributed by atoms with Gasteiger partial charge in [-0.25, -0.2) is 4.39 Å². The first-order valence-electron chi connectivity index (χ1n) is 10.5. The predicted octanol–water partition coefficient (Wildman–Crippen LogP) is 4.43. The highest BCUT2D eigenvalue weighted by Crippen LogP contribution is 2.29. The number of piperidine rings is 1. The van der Waals surface area contributed by atoms with Crippen LogP contribution < -0.4 is 10.6 Å². The molecule has 0 atom stereocenters. The van der Waals surface area contributed by atoms with E-state index in [4.69, 9.17) is 16.3 Å². The fourth-order valence-electron chi connectivity index (χ4n) is 3.54. The number of ether oxygens (including phenoxy) is 1. The Morgan fingerprint density at radius 2 is 2.00 bits per heavy atom. The van der Waals surface area contributed by atoms with Gasteiger partial charge in [-0.15, -0.1) is 24.0 Å². The Hall–Kier alpha value is -0.640. The predicted molar refractivity (Wildman–Crippen MR) is 135 cm³/mol. The normalized spacial score (nSPS) is 16.5. The van der Waals surface area contributed by atoms with E-state index >= 15 is 0 Å². The molecule has 0 saturated carbocycles. The van der Waals surface area contributed by atoms with Crippen LogP contribution in [0.5, 0.6) is 0 Å². The summed E-state index contributed by atoms with van der Waals surface area (Å²) in [6.45, 7) is 12.9. The van der Waals surface area contributed by atoms with Crippen LogP contribution in [-0.4, -0.2) is 62.8 Å². The molecule has 1 saturated heterocycles. The topological polar surface area (TPSA) is 48.9 Å². The Bertz CT molecular complexity index is 679. The van der Waals surface area contributed by atoms with Crippen LogP contribution >= 0.6 is 35.6 Å². The fourth-order valence-corrected chi connectivity index (χ4v) is 3.97. The summed E-state index contributed by atoms with van der Waals surface area (Å²) in [4.78, 5) is 6.83. The molecule has 1 fully saturated rings. The summed E-state index contributed by atoms with van der Waals surface area (Å²) >= 11 is 6.26. The number of hydrogen-bond donors (Lipinski definition) is 2. The zero-order chi connectivity index (χ0) is 21.4. The lowest BCUT2D eigenvalue weighted by atomic mass is 9.84. The third kappa shape index (κ3) is 8.85. The van der Waals surface area contributed by atoms with Gasteiger partial charge in [0, 0.05) is 49.7 Å². The summed E-state index contributed by atoms with van der Waals surface area (Å²) < 4.78 is 19.0. The van der Waals surface area contributed by atoms with Gasteiger partial charge in [0.2, 0.25) is 0 Å². The number of hydrogen-bond acceptors (Lipinski definition) is 3. The molecule has 0 unspecified atom stereocenters. The lowest BCUT2D eigenvalue weighted by Crippen LogP contribution is -2.50. The number of rotatable bonds is 8. The van der Waals surface area contributed by atoms with Crippen molar-refractivity contribution in [2.24, 2.45) is 4.99 Å². The second-order valence-electron chi connectivity index (χ2n) is 8.61. The summed E-state index contributed by atoms with van der Waals surface area (Å²) in [7, 11) is 1.78. The molecular weight excluding hydrogens is 518 g/mol. The first-order chi connectivity index (χ1) is 13.7. The molecule has 0 bridgehead atoms. The molecule has 5 nitrogen and oxygen atoms in total. The Morgan fingerprint density at radius 1 is 1.33 bits per heavy atom. The quantitative estimate of drug-likeness (QED) is 0.284. The van der Waals surface area contributed by atoms with Gasteiger partial charge < -0.3 is 20.3 Å². The summed E-state index contributed by atoms with van der Waals surface area (Å²) in [5.41, 5.74) is 0.655. The summed E-state index contributed by atoms with van der Waals surface area (Å²) in [5.74, 6) is 0.472. The maximum Gasteiger partial charge on any atom is 0.191 e. The summed E-state index contributed by atoms with van der Waals surface area (Å²) in [5, 5.41) is 7.40. The van der Waals surface area contributed by atoms with Crippen molar-refractivity contribution in [3.8, 4) is 0 Å². The van der Waals surface area contributed by atoms with Crippen molar-refractivity contribution in [1.29, 1.82) is 0 Å². The van der Waals surface area contributed by atoms with E-state index in [9.17, 15) is 4.39 Å². The van der Waals surface area contributed by atoms with Crippen molar-refractivity contribution >= 4 is 41.5 Å². The minimum Gasteiger partial charge on any atom is -0.377 e. The van der Waals surface area contributed by atoms with Gasteiger partial charge in [0.25, 0.3) is 0 Å². The summed E-state index contributed by atoms with van der Waals surface area (Å²) in [6.07, 6.45) is 2.45. The monoisotopic (exact) mass is 554 g/mol. The molecule has 1 aromatic carbocycles. The highest BCUT2D eigenvalue weighted by atomic mass is 127. The van der Waals surface area contributed by atoms with Crippen LogP contribution in [0.1, 0.15) is 46.1 Å². The second kappa shape index (κ2) is 13.0. The number of aliphatic imine (C=N–C) groups is 1. The van der Waals surface area contributed by atoms with Crippen LogP contribution in [-0.2, 0) is 10.2 Å². The van der Waals surface area contributed by atoms with Crippen molar-refractivity contribution in [2.45, 2.75) is 58.1 Å². The van der Waals surface area contributed by atoms with Gasteiger partial charge in [0.1, 0.15) is 5.82 Å². The van der Waals surface area contributed by atoms with Gasteiger partial charge in [-0.1, -0.05) is 31.5 Å². The molecule has 0 amide bonds. The maximum atomic E-state index is 13.4. The molecule has 8 heteroatoms. The lowest BCUT2D eigenvalue weighted by Gasteiger charge is -2.34. The van der Waals surface area contributed by atoms with Crippen LogP contribution in [0.25, 0.3) is 0 Å². The molecule has 0 radical (unpaired) electrons. The van der Waals surface area contributed by atoms with Crippen LogP contribution in [0, 0.1) is 5.82 Å². The standard InChI is InChI=1S/C22H36ClFN4O.HI/c1-16(2)29-13-12-28-10-8-18(9-11-28)27-21(25-5)26-15-22(3,4)19-7-6-17(24)14-20(19)23;/h6-7,14,16,18H,8-13,15H2,1-5H3,(H2,25,26,27);1H. The number of nitrogens with one attached hydrogen (secondary N) is 2. The molecule has 172 valence electrons. The molecule has 1 aromatic rings. The largest absolute Gasteiger partial charge is 0.377 e. The lowest BCUT2D eigenvalue weighted by molar-refractivity contribution is 0.0532. The number of guanidine groups is 1. The Morgan fingerprint density at radius 3 is 2.57 bits per heavy atom. The van der Waals surface area contributed by atoms with Gasteiger partial charge in [-0.2, -0.15) is 0 Å². The molecule has 30 heavy (non-hydrogen) atoms. The van der Waals surface area contributed by atoms with Crippen molar-refractivity contribution < 1.29 is 9.13 Å². The molecule has 2 rings (SSSR count). The van der Waals surface area contributed by atoms with Crippen LogP contribution in [0.4, 0.5) is 4.39 Å². The van der Waals surface area contributed by atoms with Gasteiger partial charge in [0.05, 0.1) is 12.7 Å².